The van der Waals surface area contributed by atoms with E-state index in [4.69, 9.17) is 4.42 Å². The summed E-state index contributed by atoms with van der Waals surface area (Å²) in [6.07, 6.45) is 2.01. The molecule has 0 bridgehead atoms. The lowest BCUT2D eigenvalue weighted by Gasteiger charge is -2.31. The molecule has 1 aliphatic heterocycles. The lowest BCUT2D eigenvalue weighted by molar-refractivity contribution is 0.0985. The summed E-state index contributed by atoms with van der Waals surface area (Å²) in [5.74, 6) is 1.03. The van der Waals surface area contributed by atoms with E-state index in [1.54, 1.807) is 6.92 Å². The number of amides is 1. The number of aromatic nitrogens is 2. The van der Waals surface area contributed by atoms with Gasteiger partial charge in [-0.25, -0.2) is 0 Å². The molecule has 132 valence electrons. The number of fused-ring (bicyclic) bond motifs is 1. The van der Waals surface area contributed by atoms with Crippen LogP contribution in [0.15, 0.2) is 40.8 Å². The van der Waals surface area contributed by atoms with E-state index < -0.39 is 0 Å². The van der Waals surface area contributed by atoms with Crippen molar-refractivity contribution in [1.82, 2.24) is 10.2 Å². The van der Waals surface area contributed by atoms with Crippen LogP contribution in [0.25, 0.3) is 11.5 Å². The predicted octanol–water partition coefficient (Wildman–Crippen LogP) is 4.25. The van der Waals surface area contributed by atoms with Gasteiger partial charge in [0.05, 0.1) is 5.69 Å². The summed E-state index contributed by atoms with van der Waals surface area (Å²) >= 11 is 0. The van der Waals surface area contributed by atoms with Crippen molar-refractivity contribution in [3.05, 3.63) is 64.5 Å². The Morgan fingerprint density at radius 3 is 2.54 bits per heavy atom. The third-order valence-corrected chi connectivity index (χ3v) is 4.77. The molecule has 1 aromatic heterocycles. The molecule has 0 radical (unpaired) electrons. The van der Waals surface area contributed by atoms with E-state index in [1.165, 1.54) is 11.1 Å². The Morgan fingerprint density at radius 2 is 1.85 bits per heavy atom. The van der Waals surface area contributed by atoms with Gasteiger partial charge in [0.15, 0.2) is 0 Å². The number of benzene rings is 2. The van der Waals surface area contributed by atoms with Crippen molar-refractivity contribution in [2.75, 3.05) is 11.4 Å². The first-order valence-electron chi connectivity index (χ1n) is 8.85. The minimum Gasteiger partial charge on any atom is -0.421 e. The summed E-state index contributed by atoms with van der Waals surface area (Å²) in [7, 11) is 0. The Morgan fingerprint density at radius 1 is 1.08 bits per heavy atom. The van der Waals surface area contributed by atoms with Gasteiger partial charge in [0, 0.05) is 24.6 Å². The standard InChI is InChI=1S/C21H21N3O2/c1-13-11-14(2)19-18(12-13)5-4-10-24(19)21(25)17-8-6-16(7-9-17)20-23-22-15(3)26-20/h6-9,11-12H,4-5,10H2,1-3H3. The first-order valence-corrected chi connectivity index (χ1v) is 8.85. The average Bonchev–Trinajstić information content (AvgIpc) is 3.07. The maximum Gasteiger partial charge on any atom is 0.258 e. The van der Waals surface area contributed by atoms with E-state index in [0.717, 1.165) is 36.2 Å². The predicted molar refractivity (Wildman–Crippen MR) is 100 cm³/mol. The van der Waals surface area contributed by atoms with E-state index in [-0.39, 0.29) is 5.91 Å². The Bertz CT molecular complexity index is 973. The van der Waals surface area contributed by atoms with Crippen molar-refractivity contribution in [3.63, 3.8) is 0 Å². The number of carbonyl (C=O) groups is 1. The van der Waals surface area contributed by atoms with Gasteiger partial charge in [0.25, 0.3) is 5.91 Å². The maximum atomic E-state index is 13.1. The van der Waals surface area contributed by atoms with Crippen LogP contribution in [0.3, 0.4) is 0 Å². The minimum atomic E-state index is 0.0335. The molecule has 2 heterocycles. The number of anilines is 1. The van der Waals surface area contributed by atoms with Gasteiger partial charge in [-0.15, -0.1) is 10.2 Å². The number of aryl methyl sites for hydroxylation is 4. The molecule has 3 aromatic rings. The summed E-state index contributed by atoms with van der Waals surface area (Å²) in [4.78, 5) is 15.0. The van der Waals surface area contributed by atoms with E-state index in [2.05, 4.69) is 36.2 Å². The van der Waals surface area contributed by atoms with Gasteiger partial charge < -0.3 is 9.32 Å². The van der Waals surface area contributed by atoms with Crippen LogP contribution in [0.1, 0.15) is 39.4 Å². The molecule has 5 heteroatoms. The van der Waals surface area contributed by atoms with Crippen LogP contribution in [0.2, 0.25) is 0 Å². The molecule has 0 saturated carbocycles. The van der Waals surface area contributed by atoms with Crippen LogP contribution in [-0.2, 0) is 6.42 Å². The fourth-order valence-corrected chi connectivity index (χ4v) is 3.69. The molecule has 0 N–H and O–H groups in total. The maximum absolute atomic E-state index is 13.1. The van der Waals surface area contributed by atoms with Crippen molar-refractivity contribution in [2.24, 2.45) is 0 Å². The van der Waals surface area contributed by atoms with Crippen LogP contribution in [0.5, 0.6) is 0 Å². The molecule has 4 rings (SSSR count). The van der Waals surface area contributed by atoms with Crippen molar-refractivity contribution in [2.45, 2.75) is 33.6 Å². The van der Waals surface area contributed by atoms with Gasteiger partial charge in [-0.2, -0.15) is 0 Å². The summed E-state index contributed by atoms with van der Waals surface area (Å²) < 4.78 is 5.44. The lowest BCUT2D eigenvalue weighted by Crippen LogP contribution is -2.36. The zero-order valence-electron chi connectivity index (χ0n) is 15.2. The molecule has 5 nitrogen and oxygen atoms in total. The molecule has 0 spiro atoms. The van der Waals surface area contributed by atoms with Crippen LogP contribution in [-0.4, -0.2) is 22.6 Å². The summed E-state index contributed by atoms with van der Waals surface area (Å²) in [5, 5.41) is 7.86. The van der Waals surface area contributed by atoms with Gasteiger partial charge in [0.1, 0.15) is 0 Å². The average molecular weight is 347 g/mol. The monoisotopic (exact) mass is 347 g/mol. The second-order valence-corrected chi connectivity index (χ2v) is 6.85. The molecular weight excluding hydrogens is 326 g/mol. The zero-order chi connectivity index (χ0) is 18.3. The molecular formula is C21H21N3O2. The highest BCUT2D eigenvalue weighted by Gasteiger charge is 2.25. The third-order valence-electron chi connectivity index (χ3n) is 4.77. The van der Waals surface area contributed by atoms with Crippen molar-refractivity contribution in [3.8, 4) is 11.5 Å². The van der Waals surface area contributed by atoms with E-state index in [0.29, 0.717) is 17.3 Å². The SMILES string of the molecule is Cc1cc(C)c2c(c1)CCCN2C(=O)c1ccc(-c2nnc(C)o2)cc1. The Labute approximate surface area is 152 Å². The number of hydrogen-bond acceptors (Lipinski definition) is 4. The molecule has 0 aliphatic carbocycles. The molecule has 1 aliphatic rings. The van der Waals surface area contributed by atoms with Crippen LogP contribution < -0.4 is 4.90 Å². The van der Waals surface area contributed by atoms with Gasteiger partial charge >= 0.3 is 0 Å². The highest BCUT2D eigenvalue weighted by molar-refractivity contribution is 6.07. The van der Waals surface area contributed by atoms with Crippen molar-refractivity contribution in [1.29, 1.82) is 0 Å². The van der Waals surface area contributed by atoms with E-state index in [1.807, 2.05) is 29.2 Å². The fraction of sp³-hybridized carbons (Fsp3) is 0.286. The van der Waals surface area contributed by atoms with Gasteiger partial charge in [-0.1, -0.05) is 17.7 Å². The largest absolute Gasteiger partial charge is 0.421 e. The topological polar surface area (TPSA) is 59.2 Å². The van der Waals surface area contributed by atoms with Gasteiger partial charge in [-0.3, -0.25) is 4.79 Å². The molecule has 26 heavy (non-hydrogen) atoms. The summed E-state index contributed by atoms with van der Waals surface area (Å²) in [5.41, 5.74) is 6.22. The number of nitrogens with zero attached hydrogens (tertiary/aromatic N) is 3. The van der Waals surface area contributed by atoms with Crippen LogP contribution >= 0.6 is 0 Å². The second kappa shape index (κ2) is 6.41. The van der Waals surface area contributed by atoms with Crippen molar-refractivity contribution >= 4 is 11.6 Å². The highest BCUT2D eigenvalue weighted by atomic mass is 16.4. The van der Waals surface area contributed by atoms with Crippen LogP contribution in [0, 0.1) is 20.8 Å². The first-order chi connectivity index (χ1) is 12.5. The Hall–Kier alpha value is -2.95. The first kappa shape index (κ1) is 16.5. The molecule has 0 unspecified atom stereocenters. The fourth-order valence-electron chi connectivity index (χ4n) is 3.69. The third kappa shape index (κ3) is 2.90. The van der Waals surface area contributed by atoms with E-state index >= 15 is 0 Å². The molecule has 0 saturated heterocycles. The Kier molecular flexibility index (Phi) is 4.07. The van der Waals surface area contributed by atoms with Gasteiger partial charge in [0.2, 0.25) is 11.8 Å². The highest BCUT2D eigenvalue weighted by Crippen LogP contribution is 2.33. The smallest absolute Gasteiger partial charge is 0.258 e. The molecule has 1 amide bonds. The minimum absolute atomic E-state index is 0.0335. The lowest BCUT2D eigenvalue weighted by atomic mass is 9.95. The normalized spacial score (nSPS) is 13.6. The molecule has 2 aromatic carbocycles. The molecule has 0 fully saturated rings. The second-order valence-electron chi connectivity index (χ2n) is 6.85. The molecule has 0 atom stereocenters. The van der Waals surface area contributed by atoms with Crippen molar-refractivity contribution < 1.29 is 9.21 Å². The number of rotatable bonds is 2. The summed E-state index contributed by atoms with van der Waals surface area (Å²) in [6.45, 7) is 6.69. The van der Waals surface area contributed by atoms with Gasteiger partial charge in [-0.05, 0) is 62.1 Å². The number of carbonyl (C=O) groups excluding carboxylic acids is 1. The number of hydrogen-bond donors (Lipinski definition) is 0. The Balaban J connectivity index is 1.65. The van der Waals surface area contributed by atoms with Crippen LogP contribution in [0.4, 0.5) is 5.69 Å². The van der Waals surface area contributed by atoms with E-state index in [9.17, 15) is 4.79 Å². The zero-order valence-corrected chi connectivity index (χ0v) is 15.2. The summed E-state index contributed by atoms with van der Waals surface area (Å²) in [6, 6.07) is 11.7. The quantitative estimate of drug-likeness (QED) is 0.695.